The minimum Gasteiger partial charge on any atom is -0.342 e. The van der Waals surface area contributed by atoms with Crippen LogP contribution in [0.1, 0.15) is 50.5 Å². The number of hydrogen-bond acceptors (Lipinski definition) is 2. The quantitative estimate of drug-likeness (QED) is 0.912. The van der Waals surface area contributed by atoms with E-state index in [4.69, 9.17) is 0 Å². The third kappa shape index (κ3) is 2.74. The van der Waals surface area contributed by atoms with Crippen LogP contribution in [0.15, 0.2) is 24.3 Å². The summed E-state index contributed by atoms with van der Waals surface area (Å²) in [6.07, 6.45) is 4.96. The molecular formula is C18H24N2O2. The average Bonchev–Trinajstić information content (AvgIpc) is 2.53. The molecule has 4 heteroatoms. The van der Waals surface area contributed by atoms with Crippen LogP contribution in [0.3, 0.4) is 0 Å². The lowest BCUT2D eigenvalue weighted by Gasteiger charge is -2.38. The average molecular weight is 300 g/mol. The first-order valence-corrected chi connectivity index (χ1v) is 8.23. The molecule has 4 nitrogen and oxygen atoms in total. The van der Waals surface area contributed by atoms with Crippen LogP contribution in [0.2, 0.25) is 0 Å². The number of anilines is 1. The van der Waals surface area contributed by atoms with Gasteiger partial charge in [0.25, 0.3) is 0 Å². The van der Waals surface area contributed by atoms with E-state index in [1.165, 1.54) is 19.3 Å². The maximum absolute atomic E-state index is 13.0. The van der Waals surface area contributed by atoms with Crippen molar-refractivity contribution in [3.05, 3.63) is 29.8 Å². The molecule has 1 fully saturated rings. The molecule has 0 bridgehead atoms. The second-order valence-corrected chi connectivity index (χ2v) is 6.67. The molecule has 1 aliphatic carbocycles. The van der Waals surface area contributed by atoms with Gasteiger partial charge < -0.3 is 10.2 Å². The van der Waals surface area contributed by atoms with Crippen molar-refractivity contribution in [2.24, 2.45) is 5.92 Å². The molecule has 3 rings (SSSR count). The summed E-state index contributed by atoms with van der Waals surface area (Å²) in [5.41, 5.74) is 1.73. The third-order valence-electron chi connectivity index (χ3n) is 5.21. The molecule has 0 saturated heterocycles. The molecule has 1 aliphatic heterocycles. The first kappa shape index (κ1) is 15.1. The summed E-state index contributed by atoms with van der Waals surface area (Å²) in [6, 6.07) is 7.95. The summed E-state index contributed by atoms with van der Waals surface area (Å²) >= 11 is 0. The van der Waals surface area contributed by atoms with Crippen LogP contribution in [-0.4, -0.2) is 29.8 Å². The Hall–Kier alpha value is -1.84. The van der Waals surface area contributed by atoms with Crippen molar-refractivity contribution in [3.63, 3.8) is 0 Å². The van der Waals surface area contributed by atoms with Crippen molar-refractivity contribution < 1.29 is 9.59 Å². The molecule has 1 heterocycles. The van der Waals surface area contributed by atoms with Crippen LogP contribution in [-0.2, 0) is 9.59 Å². The Bertz CT molecular complexity index is 584. The normalized spacial score (nSPS) is 27.7. The van der Waals surface area contributed by atoms with Gasteiger partial charge in [-0.25, -0.2) is 0 Å². The van der Waals surface area contributed by atoms with E-state index in [9.17, 15) is 9.59 Å². The SMILES string of the molecule is CC1CCCCC1N(C)C(=O)C1CC(=O)Nc2ccccc21. The Morgan fingerprint density at radius 3 is 2.73 bits per heavy atom. The maximum atomic E-state index is 13.0. The van der Waals surface area contributed by atoms with E-state index in [0.29, 0.717) is 12.0 Å². The number of rotatable bonds is 2. The Kier molecular flexibility index (Phi) is 4.19. The van der Waals surface area contributed by atoms with Gasteiger partial charge in [0.15, 0.2) is 0 Å². The summed E-state index contributed by atoms with van der Waals surface area (Å²) in [4.78, 5) is 26.8. The number of hydrogen-bond donors (Lipinski definition) is 1. The molecule has 1 N–H and O–H groups in total. The van der Waals surface area contributed by atoms with Crippen LogP contribution >= 0.6 is 0 Å². The molecule has 2 aliphatic rings. The van der Waals surface area contributed by atoms with Crippen LogP contribution in [0.4, 0.5) is 5.69 Å². The zero-order chi connectivity index (χ0) is 15.7. The monoisotopic (exact) mass is 300 g/mol. The summed E-state index contributed by atoms with van der Waals surface area (Å²) < 4.78 is 0. The molecule has 0 spiro atoms. The largest absolute Gasteiger partial charge is 0.342 e. The zero-order valence-corrected chi connectivity index (χ0v) is 13.3. The van der Waals surface area contributed by atoms with Crippen LogP contribution < -0.4 is 5.32 Å². The van der Waals surface area contributed by atoms with Crippen LogP contribution in [0.25, 0.3) is 0 Å². The summed E-state index contributed by atoms with van der Waals surface area (Å²) in [5.74, 6) is 0.211. The van der Waals surface area contributed by atoms with Crippen molar-refractivity contribution >= 4 is 17.5 Å². The Labute approximate surface area is 131 Å². The fourth-order valence-corrected chi connectivity index (χ4v) is 3.91. The van der Waals surface area contributed by atoms with E-state index in [1.54, 1.807) is 0 Å². The molecule has 1 aromatic carbocycles. The zero-order valence-electron chi connectivity index (χ0n) is 13.3. The van der Waals surface area contributed by atoms with Gasteiger partial charge in [-0.05, 0) is 30.4 Å². The van der Waals surface area contributed by atoms with E-state index >= 15 is 0 Å². The topological polar surface area (TPSA) is 49.4 Å². The van der Waals surface area contributed by atoms with Crippen molar-refractivity contribution in [2.45, 2.75) is 51.0 Å². The maximum Gasteiger partial charge on any atom is 0.230 e. The lowest BCUT2D eigenvalue weighted by atomic mass is 9.83. The number of para-hydroxylation sites is 1. The molecule has 1 aromatic rings. The van der Waals surface area contributed by atoms with Crippen molar-refractivity contribution in [1.82, 2.24) is 4.90 Å². The molecule has 2 amide bonds. The van der Waals surface area contributed by atoms with Gasteiger partial charge in [-0.2, -0.15) is 0 Å². The summed E-state index contributed by atoms with van der Waals surface area (Å²) in [7, 11) is 1.91. The highest BCUT2D eigenvalue weighted by Crippen LogP contribution is 2.35. The first-order chi connectivity index (χ1) is 10.6. The van der Waals surface area contributed by atoms with Gasteiger partial charge >= 0.3 is 0 Å². The van der Waals surface area contributed by atoms with Crippen molar-refractivity contribution in [2.75, 3.05) is 12.4 Å². The number of nitrogens with zero attached hydrogens (tertiary/aromatic N) is 1. The molecule has 0 radical (unpaired) electrons. The molecule has 0 aromatic heterocycles. The minimum absolute atomic E-state index is 0.0675. The Balaban J connectivity index is 1.84. The fourth-order valence-electron chi connectivity index (χ4n) is 3.91. The number of nitrogens with one attached hydrogen (secondary N) is 1. The van der Waals surface area contributed by atoms with Gasteiger partial charge in [-0.15, -0.1) is 0 Å². The lowest BCUT2D eigenvalue weighted by molar-refractivity contribution is -0.137. The van der Waals surface area contributed by atoms with E-state index in [-0.39, 0.29) is 24.2 Å². The molecule has 118 valence electrons. The second-order valence-electron chi connectivity index (χ2n) is 6.67. The predicted molar refractivity (Wildman–Crippen MR) is 86.6 cm³/mol. The minimum atomic E-state index is -0.343. The standard InChI is InChI=1S/C18H24N2O2/c1-12-7-3-6-10-16(12)20(2)18(22)14-11-17(21)19-15-9-5-4-8-13(14)15/h4-5,8-9,12,14,16H,3,6-7,10-11H2,1-2H3,(H,19,21). The summed E-state index contributed by atoms with van der Waals surface area (Å²) in [6.45, 7) is 2.23. The van der Waals surface area contributed by atoms with Gasteiger partial charge in [-0.3, -0.25) is 9.59 Å². The van der Waals surface area contributed by atoms with Crippen molar-refractivity contribution in [3.8, 4) is 0 Å². The Morgan fingerprint density at radius 2 is 1.95 bits per heavy atom. The highest BCUT2D eigenvalue weighted by Gasteiger charge is 2.36. The van der Waals surface area contributed by atoms with E-state index < -0.39 is 0 Å². The van der Waals surface area contributed by atoms with Gasteiger partial charge in [0.1, 0.15) is 0 Å². The van der Waals surface area contributed by atoms with E-state index in [0.717, 1.165) is 17.7 Å². The first-order valence-electron chi connectivity index (χ1n) is 8.23. The number of amides is 2. The number of benzene rings is 1. The molecule has 3 atom stereocenters. The Morgan fingerprint density at radius 1 is 1.23 bits per heavy atom. The smallest absolute Gasteiger partial charge is 0.230 e. The predicted octanol–water partition coefficient (Wildman–Crippen LogP) is 3.15. The highest BCUT2D eigenvalue weighted by molar-refractivity contribution is 6.01. The molecule has 1 saturated carbocycles. The highest BCUT2D eigenvalue weighted by atomic mass is 16.2. The number of carbonyl (C=O) groups is 2. The fraction of sp³-hybridized carbons (Fsp3) is 0.556. The lowest BCUT2D eigenvalue weighted by Crippen LogP contribution is -2.45. The van der Waals surface area contributed by atoms with Gasteiger partial charge in [0, 0.05) is 25.2 Å². The van der Waals surface area contributed by atoms with E-state index in [2.05, 4.69) is 12.2 Å². The number of carbonyl (C=O) groups excluding carboxylic acids is 2. The third-order valence-corrected chi connectivity index (χ3v) is 5.21. The molecule has 22 heavy (non-hydrogen) atoms. The van der Waals surface area contributed by atoms with Crippen LogP contribution in [0, 0.1) is 5.92 Å². The molecular weight excluding hydrogens is 276 g/mol. The second kappa shape index (κ2) is 6.11. The van der Waals surface area contributed by atoms with Gasteiger partial charge in [0.2, 0.25) is 11.8 Å². The number of fused-ring (bicyclic) bond motifs is 1. The summed E-state index contributed by atoms with van der Waals surface area (Å²) in [5, 5.41) is 2.86. The van der Waals surface area contributed by atoms with Gasteiger partial charge in [0.05, 0.1) is 5.92 Å². The molecule has 3 unspecified atom stereocenters. The van der Waals surface area contributed by atoms with Crippen LogP contribution in [0.5, 0.6) is 0 Å². The van der Waals surface area contributed by atoms with Crippen molar-refractivity contribution in [1.29, 1.82) is 0 Å². The van der Waals surface area contributed by atoms with E-state index in [1.807, 2.05) is 36.2 Å². The van der Waals surface area contributed by atoms with Gasteiger partial charge in [-0.1, -0.05) is 38.0 Å². The number of likely N-dealkylation sites (N-methyl/N-ethyl adjacent to an activating group) is 1.